The Morgan fingerprint density at radius 3 is 2.17 bits per heavy atom. The van der Waals surface area contributed by atoms with Crippen LogP contribution in [0.5, 0.6) is 0 Å². The van der Waals surface area contributed by atoms with Gasteiger partial charge in [0.1, 0.15) is 17.7 Å². The second-order valence-electron chi connectivity index (χ2n) is 6.55. The monoisotopic (exact) mass is 362 g/mol. The molecule has 2 amide bonds. The molecule has 7 nitrogen and oxygen atoms in total. The molecule has 0 aromatic carbocycles. The van der Waals surface area contributed by atoms with E-state index < -0.39 is 35.7 Å². The number of ether oxygens (including phenoxy) is 2. The summed E-state index contributed by atoms with van der Waals surface area (Å²) in [5.74, 6) is -0.680. The Kier molecular flexibility index (Phi) is 9.80. The first-order chi connectivity index (χ1) is 11.1. The van der Waals surface area contributed by atoms with E-state index in [0.29, 0.717) is 12.2 Å². The molecule has 0 fully saturated rings. The van der Waals surface area contributed by atoms with Gasteiger partial charge >= 0.3 is 12.1 Å². The lowest BCUT2D eigenvalue weighted by Gasteiger charge is -2.27. The number of methoxy groups -OCH3 is 1. The summed E-state index contributed by atoms with van der Waals surface area (Å²) in [4.78, 5) is 36.3. The van der Waals surface area contributed by atoms with Crippen molar-refractivity contribution in [1.82, 2.24) is 10.6 Å². The van der Waals surface area contributed by atoms with Crippen molar-refractivity contribution in [3.05, 3.63) is 0 Å². The van der Waals surface area contributed by atoms with Crippen LogP contribution in [0.2, 0.25) is 0 Å². The number of thioether (sulfide) groups is 1. The Hall–Kier alpha value is -1.44. The number of carbonyl (C=O) groups is 3. The number of esters is 1. The molecule has 140 valence electrons. The molecule has 0 radical (unpaired) electrons. The zero-order valence-corrected chi connectivity index (χ0v) is 16.4. The number of amides is 2. The second-order valence-corrected chi connectivity index (χ2v) is 7.46. The molecular formula is C16H30N2O5S. The third kappa shape index (κ3) is 8.42. The third-order valence-corrected chi connectivity index (χ3v) is 3.97. The topological polar surface area (TPSA) is 93.7 Å². The van der Waals surface area contributed by atoms with Crippen LogP contribution in [0.4, 0.5) is 4.79 Å². The van der Waals surface area contributed by atoms with Crippen molar-refractivity contribution in [3.8, 4) is 0 Å². The largest absolute Gasteiger partial charge is 0.467 e. The zero-order chi connectivity index (χ0) is 18.9. The summed E-state index contributed by atoms with van der Waals surface area (Å²) < 4.78 is 9.91. The molecule has 0 saturated carbocycles. The molecule has 0 spiro atoms. The molecule has 0 aliphatic rings. The Morgan fingerprint density at radius 2 is 1.75 bits per heavy atom. The predicted molar refractivity (Wildman–Crippen MR) is 94.9 cm³/mol. The van der Waals surface area contributed by atoms with Gasteiger partial charge in [0.05, 0.1) is 7.11 Å². The van der Waals surface area contributed by atoms with Gasteiger partial charge in [0.15, 0.2) is 0 Å². The quantitative estimate of drug-likeness (QED) is 0.641. The van der Waals surface area contributed by atoms with Crippen molar-refractivity contribution in [2.24, 2.45) is 5.92 Å². The fourth-order valence-corrected chi connectivity index (χ4v) is 2.43. The van der Waals surface area contributed by atoms with E-state index in [4.69, 9.17) is 9.47 Å². The lowest BCUT2D eigenvalue weighted by atomic mass is 9.98. The van der Waals surface area contributed by atoms with Crippen molar-refractivity contribution < 1.29 is 23.9 Å². The van der Waals surface area contributed by atoms with Gasteiger partial charge in [0.2, 0.25) is 5.91 Å². The Morgan fingerprint density at radius 1 is 1.17 bits per heavy atom. The Labute approximate surface area is 148 Å². The van der Waals surface area contributed by atoms with Crippen molar-refractivity contribution >= 4 is 29.7 Å². The highest BCUT2D eigenvalue weighted by Crippen LogP contribution is 2.12. The maximum Gasteiger partial charge on any atom is 0.408 e. The molecule has 0 aliphatic heterocycles. The van der Waals surface area contributed by atoms with Crippen LogP contribution in [0.3, 0.4) is 0 Å². The Bertz CT molecular complexity index is 437. The molecule has 0 aliphatic carbocycles. The summed E-state index contributed by atoms with van der Waals surface area (Å²) in [6, 6.07) is -1.55. The lowest BCUT2D eigenvalue weighted by Crippen LogP contribution is -2.55. The van der Waals surface area contributed by atoms with Gasteiger partial charge in [0.25, 0.3) is 0 Å². The minimum Gasteiger partial charge on any atom is -0.467 e. The normalized spacial score (nSPS) is 15.0. The van der Waals surface area contributed by atoms with E-state index in [0.717, 1.165) is 0 Å². The van der Waals surface area contributed by atoms with E-state index in [9.17, 15) is 14.4 Å². The van der Waals surface area contributed by atoms with E-state index in [2.05, 4.69) is 10.6 Å². The van der Waals surface area contributed by atoms with Crippen LogP contribution in [-0.4, -0.2) is 54.8 Å². The first kappa shape index (κ1) is 22.6. The van der Waals surface area contributed by atoms with E-state index >= 15 is 0 Å². The standard InChI is InChI=1S/C16H30N2O5S/c1-8-10(2)12(18-15(21)23-16(3,4)5)13(19)17-11(9-24-7)14(20)22-6/h10-12H,8-9H2,1-7H3,(H,17,19)(H,18,21)/t10-,11-,12-/m0/s1. The van der Waals surface area contributed by atoms with Gasteiger partial charge in [-0.25, -0.2) is 9.59 Å². The SMILES string of the molecule is CC[C@H](C)[C@H](NC(=O)OC(C)(C)C)C(=O)N[C@@H](CSC)C(=O)OC. The molecular weight excluding hydrogens is 332 g/mol. The highest BCUT2D eigenvalue weighted by molar-refractivity contribution is 7.98. The minimum absolute atomic E-state index is 0.120. The maximum absolute atomic E-state index is 12.6. The molecule has 0 heterocycles. The first-order valence-corrected chi connectivity index (χ1v) is 9.31. The second kappa shape index (κ2) is 10.4. The number of carbonyl (C=O) groups excluding carboxylic acids is 3. The fraction of sp³-hybridized carbons (Fsp3) is 0.812. The van der Waals surface area contributed by atoms with Gasteiger partial charge in [-0.05, 0) is 32.9 Å². The molecule has 24 heavy (non-hydrogen) atoms. The summed E-state index contributed by atoms with van der Waals surface area (Å²) in [5, 5.41) is 5.24. The summed E-state index contributed by atoms with van der Waals surface area (Å²) in [6.45, 7) is 9.01. The molecule has 0 aromatic heterocycles. The van der Waals surface area contributed by atoms with Crippen molar-refractivity contribution in [1.29, 1.82) is 0 Å². The molecule has 2 N–H and O–H groups in total. The van der Waals surface area contributed by atoms with Crippen LogP contribution in [0.15, 0.2) is 0 Å². The van der Waals surface area contributed by atoms with Crippen LogP contribution in [0.1, 0.15) is 41.0 Å². The van der Waals surface area contributed by atoms with Crippen molar-refractivity contribution in [2.75, 3.05) is 19.1 Å². The number of hydrogen-bond donors (Lipinski definition) is 2. The highest BCUT2D eigenvalue weighted by Gasteiger charge is 2.31. The highest BCUT2D eigenvalue weighted by atomic mass is 32.2. The summed E-state index contributed by atoms with van der Waals surface area (Å²) in [7, 11) is 1.27. The molecule has 0 unspecified atom stereocenters. The van der Waals surface area contributed by atoms with Crippen LogP contribution in [0, 0.1) is 5.92 Å². The maximum atomic E-state index is 12.6. The first-order valence-electron chi connectivity index (χ1n) is 7.92. The fourth-order valence-electron chi connectivity index (χ4n) is 1.88. The molecule has 0 bridgehead atoms. The number of rotatable bonds is 8. The smallest absolute Gasteiger partial charge is 0.408 e. The van der Waals surface area contributed by atoms with E-state index in [1.165, 1.54) is 18.9 Å². The number of alkyl carbamates (subject to hydrolysis) is 1. The van der Waals surface area contributed by atoms with Gasteiger partial charge in [0, 0.05) is 5.75 Å². The lowest BCUT2D eigenvalue weighted by molar-refractivity contribution is -0.144. The van der Waals surface area contributed by atoms with Crippen LogP contribution in [0.25, 0.3) is 0 Å². The molecule has 0 saturated heterocycles. The molecule has 0 rings (SSSR count). The van der Waals surface area contributed by atoms with Crippen molar-refractivity contribution in [3.63, 3.8) is 0 Å². The molecule has 8 heteroatoms. The van der Waals surface area contributed by atoms with Crippen molar-refractivity contribution in [2.45, 2.75) is 58.7 Å². The predicted octanol–water partition coefficient (Wildman–Crippen LogP) is 1.95. The minimum atomic E-state index is -0.793. The van der Waals surface area contributed by atoms with Gasteiger partial charge in [-0.3, -0.25) is 4.79 Å². The van der Waals surface area contributed by atoms with Crippen LogP contribution >= 0.6 is 11.8 Å². The summed E-state index contributed by atoms with van der Waals surface area (Å²) in [5.41, 5.74) is -0.659. The van der Waals surface area contributed by atoms with Crippen LogP contribution in [-0.2, 0) is 19.1 Å². The Balaban J connectivity index is 5.06. The van der Waals surface area contributed by atoms with Gasteiger partial charge in [-0.15, -0.1) is 0 Å². The van der Waals surface area contributed by atoms with E-state index in [1.54, 1.807) is 20.8 Å². The van der Waals surface area contributed by atoms with Gasteiger partial charge in [-0.1, -0.05) is 20.3 Å². The summed E-state index contributed by atoms with van der Waals surface area (Å²) in [6.07, 6.45) is 1.84. The molecule has 0 aromatic rings. The van der Waals surface area contributed by atoms with Gasteiger partial charge in [-0.2, -0.15) is 11.8 Å². The van der Waals surface area contributed by atoms with Crippen LogP contribution < -0.4 is 10.6 Å². The van der Waals surface area contributed by atoms with Gasteiger partial charge < -0.3 is 20.1 Å². The number of hydrogen-bond acceptors (Lipinski definition) is 6. The third-order valence-electron chi connectivity index (χ3n) is 3.30. The van der Waals surface area contributed by atoms with E-state index in [-0.39, 0.29) is 5.92 Å². The number of nitrogens with one attached hydrogen (secondary N) is 2. The summed E-state index contributed by atoms with van der Waals surface area (Å²) >= 11 is 1.42. The molecule has 3 atom stereocenters. The average molecular weight is 362 g/mol. The zero-order valence-electron chi connectivity index (χ0n) is 15.6. The van der Waals surface area contributed by atoms with E-state index in [1.807, 2.05) is 20.1 Å². The average Bonchev–Trinajstić information content (AvgIpc) is 2.48.